The van der Waals surface area contributed by atoms with Crippen molar-refractivity contribution >= 4 is 22.5 Å². The van der Waals surface area contributed by atoms with Crippen LogP contribution in [-0.2, 0) is 5.41 Å². The van der Waals surface area contributed by atoms with E-state index in [0.29, 0.717) is 11.6 Å². The second kappa shape index (κ2) is 5.97. The number of amides is 2. The highest BCUT2D eigenvalue weighted by atomic mass is 32.1. The molecule has 0 saturated carbocycles. The molecule has 0 aliphatic rings. The van der Waals surface area contributed by atoms with E-state index in [1.807, 2.05) is 27.7 Å². The van der Waals surface area contributed by atoms with Gasteiger partial charge in [0, 0.05) is 24.9 Å². The van der Waals surface area contributed by atoms with Gasteiger partial charge in [0.25, 0.3) is 0 Å². The number of rotatable bonds is 4. The Balaban J connectivity index is 3.07. The van der Waals surface area contributed by atoms with E-state index in [2.05, 4.69) is 21.6 Å². The van der Waals surface area contributed by atoms with Crippen molar-refractivity contribution in [3.8, 4) is 6.07 Å². The zero-order valence-electron chi connectivity index (χ0n) is 11.9. The third-order valence-corrected chi connectivity index (χ3v) is 3.96. The number of nitrogens with one attached hydrogen (secondary N) is 1. The molecule has 0 spiro atoms. The molecule has 0 bridgehead atoms. The van der Waals surface area contributed by atoms with E-state index in [1.54, 1.807) is 11.9 Å². The first-order chi connectivity index (χ1) is 8.83. The SMILES string of the molecule is CNC(=O)N(c1nnc(C(C)(C)CC#N)s1)C(C)C. The van der Waals surface area contributed by atoms with Crippen LogP contribution in [-0.4, -0.2) is 29.3 Å². The zero-order chi connectivity index (χ0) is 14.6. The van der Waals surface area contributed by atoms with E-state index >= 15 is 0 Å². The molecule has 104 valence electrons. The van der Waals surface area contributed by atoms with E-state index in [4.69, 9.17) is 5.26 Å². The molecule has 0 atom stereocenters. The minimum atomic E-state index is -0.351. The number of anilines is 1. The molecule has 1 rings (SSSR count). The first kappa shape index (κ1) is 15.4. The Hall–Kier alpha value is -1.68. The van der Waals surface area contributed by atoms with E-state index in [9.17, 15) is 4.79 Å². The predicted octanol–water partition coefficient (Wildman–Crippen LogP) is 2.28. The molecule has 7 heteroatoms. The topological polar surface area (TPSA) is 81.9 Å². The highest BCUT2D eigenvalue weighted by molar-refractivity contribution is 7.15. The van der Waals surface area contributed by atoms with Gasteiger partial charge in [-0.05, 0) is 13.8 Å². The Labute approximate surface area is 117 Å². The standard InChI is InChI=1S/C12H19N5OS/c1-8(2)17(10(18)14-5)11-16-15-9(19-11)12(3,4)6-7-13/h8H,6H2,1-5H3,(H,14,18). The maximum Gasteiger partial charge on any atom is 0.323 e. The van der Waals surface area contributed by atoms with Crippen LogP contribution in [0, 0.1) is 11.3 Å². The van der Waals surface area contributed by atoms with E-state index in [1.165, 1.54) is 11.3 Å². The van der Waals surface area contributed by atoms with Gasteiger partial charge in [-0.25, -0.2) is 4.79 Å². The summed E-state index contributed by atoms with van der Waals surface area (Å²) in [5.41, 5.74) is -0.351. The molecule has 1 N–H and O–H groups in total. The largest absolute Gasteiger partial charge is 0.341 e. The maximum atomic E-state index is 11.8. The monoisotopic (exact) mass is 281 g/mol. The number of nitriles is 1. The minimum Gasteiger partial charge on any atom is -0.341 e. The van der Waals surface area contributed by atoms with Gasteiger partial charge in [0.1, 0.15) is 5.01 Å². The zero-order valence-corrected chi connectivity index (χ0v) is 12.7. The molecule has 0 aliphatic heterocycles. The van der Waals surface area contributed by atoms with Crippen molar-refractivity contribution in [2.45, 2.75) is 45.6 Å². The predicted molar refractivity (Wildman–Crippen MR) is 75.2 cm³/mol. The van der Waals surface area contributed by atoms with E-state index < -0.39 is 0 Å². The van der Waals surface area contributed by atoms with Crippen LogP contribution in [0.2, 0.25) is 0 Å². The average molecular weight is 281 g/mol. The summed E-state index contributed by atoms with van der Waals surface area (Å²) >= 11 is 1.35. The van der Waals surface area contributed by atoms with Crippen molar-refractivity contribution in [3.05, 3.63) is 5.01 Å². The third-order valence-electron chi connectivity index (χ3n) is 2.67. The molecular formula is C12H19N5OS. The van der Waals surface area contributed by atoms with Gasteiger partial charge in [-0.15, -0.1) is 10.2 Å². The number of hydrogen-bond acceptors (Lipinski definition) is 5. The van der Waals surface area contributed by atoms with Gasteiger partial charge in [-0.2, -0.15) is 5.26 Å². The van der Waals surface area contributed by atoms with Crippen LogP contribution in [0.1, 0.15) is 39.1 Å². The summed E-state index contributed by atoms with van der Waals surface area (Å²) in [6.45, 7) is 7.72. The molecule has 1 aromatic rings. The van der Waals surface area contributed by atoms with Crippen LogP contribution in [0.25, 0.3) is 0 Å². The molecule has 6 nitrogen and oxygen atoms in total. The second-order valence-electron chi connectivity index (χ2n) is 5.13. The van der Waals surface area contributed by atoms with E-state index in [0.717, 1.165) is 5.01 Å². The van der Waals surface area contributed by atoms with Gasteiger partial charge in [-0.1, -0.05) is 25.2 Å². The molecular weight excluding hydrogens is 262 g/mol. The maximum absolute atomic E-state index is 11.8. The fourth-order valence-electron chi connectivity index (χ4n) is 1.52. The Morgan fingerprint density at radius 3 is 2.63 bits per heavy atom. The lowest BCUT2D eigenvalue weighted by atomic mass is 9.91. The number of urea groups is 1. The van der Waals surface area contributed by atoms with Gasteiger partial charge in [0.05, 0.1) is 6.07 Å². The lowest BCUT2D eigenvalue weighted by molar-refractivity contribution is 0.246. The molecule has 2 amide bonds. The van der Waals surface area contributed by atoms with Crippen molar-refractivity contribution < 1.29 is 4.79 Å². The van der Waals surface area contributed by atoms with Crippen LogP contribution in [0.3, 0.4) is 0 Å². The summed E-state index contributed by atoms with van der Waals surface area (Å²) in [4.78, 5) is 13.4. The fraction of sp³-hybridized carbons (Fsp3) is 0.667. The molecule has 0 aromatic carbocycles. The van der Waals surface area contributed by atoms with Crippen LogP contribution in [0.15, 0.2) is 0 Å². The smallest absolute Gasteiger partial charge is 0.323 e. The second-order valence-corrected chi connectivity index (χ2v) is 6.08. The summed E-state index contributed by atoms with van der Waals surface area (Å²) in [6.07, 6.45) is 0.364. The van der Waals surface area contributed by atoms with Crippen molar-refractivity contribution in [2.24, 2.45) is 0 Å². The molecule has 1 aromatic heterocycles. The summed E-state index contributed by atoms with van der Waals surface area (Å²) in [7, 11) is 1.58. The Kier molecular flexibility index (Phi) is 4.84. The molecule has 0 fully saturated rings. The number of carbonyl (C=O) groups is 1. The Morgan fingerprint density at radius 2 is 2.16 bits per heavy atom. The molecule has 1 heterocycles. The lowest BCUT2D eigenvalue weighted by Crippen LogP contribution is -2.42. The number of carbonyl (C=O) groups excluding carboxylic acids is 1. The highest BCUT2D eigenvalue weighted by Crippen LogP contribution is 2.33. The Morgan fingerprint density at radius 1 is 1.53 bits per heavy atom. The average Bonchev–Trinajstić information content (AvgIpc) is 2.78. The summed E-state index contributed by atoms with van der Waals surface area (Å²) < 4.78 is 0. The first-order valence-corrected chi connectivity index (χ1v) is 6.87. The van der Waals surface area contributed by atoms with Crippen LogP contribution in [0.5, 0.6) is 0 Å². The van der Waals surface area contributed by atoms with Crippen LogP contribution in [0.4, 0.5) is 9.93 Å². The number of aromatic nitrogens is 2. The molecule has 19 heavy (non-hydrogen) atoms. The van der Waals surface area contributed by atoms with Crippen LogP contribution >= 0.6 is 11.3 Å². The van der Waals surface area contributed by atoms with Crippen LogP contribution < -0.4 is 10.2 Å². The third kappa shape index (κ3) is 3.41. The molecule has 0 radical (unpaired) electrons. The van der Waals surface area contributed by atoms with Gasteiger partial charge in [0.2, 0.25) is 5.13 Å². The quantitative estimate of drug-likeness (QED) is 0.918. The number of nitrogens with zero attached hydrogens (tertiary/aromatic N) is 4. The van der Waals surface area contributed by atoms with Gasteiger partial charge in [0.15, 0.2) is 0 Å². The lowest BCUT2D eigenvalue weighted by Gasteiger charge is -2.22. The van der Waals surface area contributed by atoms with Gasteiger partial charge < -0.3 is 5.32 Å². The van der Waals surface area contributed by atoms with Crippen molar-refractivity contribution in [2.75, 3.05) is 11.9 Å². The number of hydrogen-bond donors (Lipinski definition) is 1. The van der Waals surface area contributed by atoms with Crippen molar-refractivity contribution in [3.63, 3.8) is 0 Å². The summed E-state index contributed by atoms with van der Waals surface area (Å²) in [5, 5.41) is 20.9. The van der Waals surface area contributed by atoms with Crippen molar-refractivity contribution in [1.29, 1.82) is 5.26 Å². The fourth-order valence-corrected chi connectivity index (χ4v) is 2.60. The summed E-state index contributed by atoms with van der Waals surface area (Å²) in [6, 6.07) is 1.92. The van der Waals surface area contributed by atoms with E-state index in [-0.39, 0.29) is 17.5 Å². The van der Waals surface area contributed by atoms with Crippen molar-refractivity contribution in [1.82, 2.24) is 15.5 Å². The van der Waals surface area contributed by atoms with Gasteiger partial charge >= 0.3 is 6.03 Å². The normalized spacial score (nSPS) is 11.2. The Bertz CT molecular complexity index is 489. The highest BCUT2D eigenvalue weighted by Gasteiger charge is 2.28. The molecule has 0 saturated heterocycles. The van der Waals surface area contributed by atoms with Gasteiger partial charge in [-0.3, -0.25) is 4.90 Å². The molecule has 0 unspecified atom stereocenters. The first-order valence-electron chi connectivity index (χ1n) is 6.05. The minimum absolute atomic E-state index is 0.0140. The molecule has 0 aliphatic carbocycles. The summed E-state index contributed by atoms with van der Waals surface area (Å²) in [5.74, 6) is 0.